The largest absolute Gasteiger partial charge is 0.372 e. The molecule has 1 heterocycles. The number of morpholine rings is 1. The number of hydrogen-bond acceptors (Lipinski definition) is 4. The molecule has 1 aromatic rings. The highest BCUT2D eigenvalue weighted by Gasteiger charge is 2.26. The number of anilines is 1. The van der Waals surface area contributed by atoms with E-state index in [2.05, 4.69) is 20.8 Å². The van der Waals surface area contributed by atoms with Gasteiger partial charge in [-0.15, -0.1) is 0 Å². The van der Waals surface area contributed by atoms with Gasteiger partial charge in [-0.25, -0.2) is 0 Å². The van der Waals surface area contributed by atoms with Crippen molar-refractivity contribution in [1.29, 1.82) is 0 Å². The van der Waals surface area contributed by atoms with Gasteiger partial charge in [-0.1, -0.05) is 6.92 Å². The number of nitrogens with zero attached hydrogens (tertiary/aromatic N) is 2. The van der Waals surface area contributed by atoms with Crippen LogP contribution in [0.4, 0.5) is 11.4 Å². The van der Waals surface area contributed by atoms with E-state index in [4.69, 9.17) is 4.74 Å². The molecule has 1 fully saturated rings. The zero-order valence-corrected chi connectivity index (χ0v) is 13.5. The molecule has 2 rings (SSSR count). The summed E-state index contributed by atoms with van der Waals surface area (Å²) in [6, 6.07) is 3.25. The van der Waals surface area contributed by atoms with Gasteiger partial charge < -0.3 is 9.64 Å². The lowest BCUT2D eigenvalue weighted by atomic mass is 10.1. The maximum absolute atomic E-state index is 11.0. The molecule has 0 radical (unpaired) electrons. The summed E-state index contributed by atoms with van der Waals surface area (Å²) >= 11 is 3.50. The molecule has 1 aliphatic rings. The van der Waals surface area contributed by atoms with Crippen LogP contribution in [0.25, 0.3) is 0 Å². The summed E-state index contributed by atoms with van der Waals surface area (Å²) in [7, 11) is 0. The maximum atomic E-state index is 11.0. The second kappa shape index (κ2) is 6.10. The highest BCUT2D eigenvalue weighted by atomic mass is 79.9. The molecule has 0 spiro atoms. The van der Waals surface area contributed by atoms with Crippen LogP contribution in [0.3, 0.4) is 0 Å². The van der Waals surface area contributed by atoms with Gasteiger partial charge >= 0.3 is 0 Å². The lowest BCUT2D eigenvalue weighted by molar-refractivity contribution is -0.385. The fourth-order valence-electron chi connectivity index (χ4n) is 2.73. The molecule has 110 valence electrons. The average Bonchev–Trinajstić information content (AvgIpc) is 2.36. The Morgan fingerprint density at radius 3 is 2.50 bits per heavy atom. The van der Waals surface area contributed by atoms with E-state index in [-0.39, 0.29) is 22.8 Å². The van der Waals surface area contributed by atoms with Gasteiger partial charge in [0.15, 0.2) is 0 Å². The number of rotatable bonds is 3. The molecular weight excluding hydrogens is 324 g/mol. The number of nitro benzene ring substituents is 1. The van der Waals surface area contributed by atoms with Crippen molar-refractivity contribution < 1.29 is 9.66 Å². The van der Waals surface area contributed by atoms with Crippen molar-refractivity contribution in [1.82, 2.24) is 0 Å². The topological polar surface area (TPSA) is 55.6 Å². The molecular formula is C14H19BrN2O3. The van der Waals surface area contributed by atoms with Crippen LogP contribution in [0.5, 0.6) is 0 Å². The van der Waals surface area contributed by atoms with E-state index in [0.717, 1.165) is 35.2 Å². The van der Waals surface area contributed by atoms with Crippen LogP contribution in [0, 0.1) is 10.1 Å². The third-order valence-corrected chi connectivity index (χ3v) is 4.06. The van der Waals surface area contributed by atoms with Crippen LogP contribution in [0.2, 0.25) is 0 Å². The lowest BCUT2D eigenvalue weighted by Gasteiger charge is -2.38. The van der Waals surface area contributed by atoms with Crippen LogP contribution >= 0.6 is 15.9 Å². The summed E-state index contributed by atoms with van der Waals surface area (Å²) in [5, 5.41) is 11.0. The molecule has 0 aliphatic carbocycles. The predicted molar refractivity (Wildman–Crippen MR) is 82.4 cm³/mol. The lowest BCUT2D eigenvalue weighted by Crippen LogP contribution is -2.46. The predicted octanol–water partition coefficient (Wildman–Crippen LogP) is 3.53. The number of aryl methyl sites for hydroxylation is 1. The van der Waals surface area contributed by atoms with Crippen molar-refractivity contribution in [3.63, 3.8) is 0 Å². The third kappa shape index (κ3) is 3.12. The van der Waals surface area contributed by atoms with Gasteiger partial charge in [0, 0.05) is 29.7 Å². The molecule has 0 amide bonds. The molecule has 0 bridgehead atoms. The first-order chi connectivity index (χ1) is 9.42. The highest BCUT2D eigenvalue weighted by molar-refractivity contribution is 9.10. The number of ether oxygens (including phenoxy) is 1. The molecule has 0 aromatic heterocycles. The van der Waals surface area contributed by atoms with Crippen molar-refractivity contribution >= 4 is 27.3 Å². The van der Waals surface area contributed by atoms with Crippen molar-refractivity contribution in [2.45, 2.75) is 39.4 Å². The van der Waals surface area contributed by atoms with Crippen molar-refractivity contribution in [2.24, 2.45) is 0 Å². The SMILES string of the molecule is CCc1cc([N+](=O)[O-])cc(Br)c1N1CC(C)OC(C)C1. The van der Waals surface area contributed by atoms with Gasteiger partial charge in [-0.2, -0.15) is 0 Å². The second-order valence-electron chi connectivity index (χ2n) is 5.21. The van der Waals surface area contributed by atoms with Gasteiger partial charge in [0.25, 0.3) is 5.69 Å². The summed E-state index contributed by atoms with van der Waals surface area (Å²) < 4.78 is 6.53. The Kier molecular flexibility index (Phi) is 4.65. The molecule has 0 saturated carbocycles. The fraction of sp³-hybridized carbons (Fsp3) is 0.571. The standard InChI is InChI=1S/C14H19BrN2O3/c1-4-11-5-12(17(18)19)6-13(15)14(11)16-7-9(2)20-10(3)8-16/h5-6,9-10H,4,7-8H2,1-3H3. The Balaban J connectivity index is 2.42. The molecule has 1 aliphatic heterocycles. The third-order valence-electron chi connectivity index (χ3n) is 3.45. The molecule has 0 N–H and O–H groups in total. The van der Waals surface area contributed by atoms with Gasteiger partial charge in [0.2, 0.25) is 0 Å². The Bertz CT molecular complexity index is 511. The number of benzene rings is 1. The summed E-state index contributed by atoms with van der Waals surface area (Å²) in [5.41, 5.74) is 2.18. The van der Waals surface area contributed by atoms with Crippen LogP contribution in [0.1, 0.15) is 26.3 Å². The van der Waals surface area contributed by atoms with Gasteiger partial charge in [0.1, 0.15) is 0 Å². The Morgan fingerprint density at radius 2 is 2.00 bits per heavy atom. The van der Waals surface area contributed by atoms with E-state index in [1.165, 1.54) is 0 Å². The van der Waals surface area contributed by atoms with Crippen molar-refractivity contribution in [3.05, 3.63) is 32.3 Å². The molecule has 5 nitrogen and oxygen atoms in total. The van der Waals surface area contributed by atoms with E-state index in [1.807, 2.05) is 20.8 Å². The van der Waals surface area contributed by atoms with Crippen LogP contribution in [-0.2, 0) is 11.2 Å². The molecule has 2 atom stereocenters. The Morgan fingerprint density at radius 1 is 1.40 bits per heavy atom. The second-order valence-corrected chi connectivity index (χ2v) is 6.06. The first-order valence-electron chi connectivity index (χ1n) is 6.79. The van der Waals surface area contributed by atoms with Crippen LogP contribution in [-0.4, -0.2) is 30.2 Å². The zero-order valence-electron chi connectivity index (χ0n) is 11.9. The van der Waals surface area contributed by atoms with Gasteiger partial charge in [-0.05, 0) is 41.8 Å². The minimum atomic E-state index is -0.349. The number of nitro groups is 1. The minimum Gasteiger partial charge on any atom is -0.372 e. The minimum absolute atomic E-state index is 0.131. The van der Waals surface area contributed by atoms with E-state index in [1.54, 1.807) is 12.1 Å². The summed E-state index contributed by atoms with van der Waals surface area (Å²) in [6.07, 6.45) is 1.08. The highest BCUT2D eigenvalue weighted by Crippen LogP contribution is 2.36. The fourth-order valence-corrected chi connectivity index (χ4v) is 3.47. The van der Waals surface area contributed by atoms with Crippen LogP contribution in [0.15, 0.2) is 16.6 Å². The van der Waals surface area contributed by atoms with Gasteiger partial charge in [0.05, 0.1) is 22.8 Å². The first kappa shape index (κ1) is 15.3. The first-order valence-corrected chi connectivity index (χ1v) is 7.58. The quantitative estimate of drug-likeness (QED) is 0.622. The summed E-state index contributed by atoms with van der Waals surface area (Å²) in [5.74, 6) is 0. The Labute approximate surface area is 127 Å². The average molecular weight is 343 g/mol. The molecule has 2 unspecified atom stereocenters. The molecule has 1 aromatic carbocycles. The summed E-state index contributed by atoms with van der Waals surface area (Å²) in [6.45, 7) is 7.71. The molecule has 6 heteroatoms. The number of hydrogen-bond donors (Lipinski definition) is 0. The molecule has 1 saturated heterocycles. The van der Waals surface area contributed by atoms with Crippen molar-refractivity contribution in [3.8, 4) is 0 Å². The maximum Gasteiger partial charge on any atom is 0.270 e. The van der Waals surface area contributed by atoms with E-state index in [0.29, 0.717) is 0 Å². The summed E-state index contributed by atoms with van der Waals surface area (Å²) in [4.78, 5) is 12.9. The van der Waals surface area contributed by atoms with E-state index in [9.17, 15) is 10.1 Å². The van der Waals surface area contributed by atoms with E-state index < -0.39 is 0 Å². The monoisotopic (exact) mass is 342 g/mol. The number of halogens is 1. The smallest absolute Gasteiger partial charge is 0.270 e. The Hall–Kier alpha value is -1.14. The zero-order chi connectivity index (χ0) is 14.9. The van der Waals surface area contributed by atoms with E-state index >= 15 is 0 Å². The molecule has 20 heavy (non-hydrogen) atoms. The van der Waals surface area contributed by atoms with Crippen molar-refractivity contribution in [2.75, 3.05) is 18.0 Å². The normalized spacial score (nSPS) is 22.9. The number of non-ortho nitro benzene ring substituents is 1. The van der Waals surface area contributed by atoms with Gasteiger partial charge in [-0.3, -0.25) is 10.1 Å². The van der Waals surface area contributed by atoms with Crippen LogP contribution < -0.4 is 4.90 Å².